The van der Waals surface area contributed by atoms with Crippen LogP contribution >= 0.6 is 11.8 Å². The Morgan fingerprint density at radius 1 is 1.31 bits per heavy atom. The van der Waals surface area contributed by atoms with Crippen molar-refractivity contribution in [3.05, 3.63) is 30.1 Å². The minimum Gasteiger partial charge on any atom is -0.337 e. The molecule has 1 aromatic carbocycles. The number of carbonyl (C=O) groups is 2. The summed E-state index contributed by atoms with van der Waals surface area (Å²) in [6.07, 6.45) is 1.22. The van der Waals surface area contributed by atoms with Crippen LogP contribution in [0.5, 0.6) is 0 Å². The Balaban J connectivity index is 1.72. The van der Waals surface area contributed by atoms with E-state index >= 15 is 0 Å². The molecular weight excluding hydrogens is 353 g/mol. The van der Waals surface area contributed by atoms with E-state index in [0.717, 1.165) is 31.0 Å². The summed E-state index contributed by atoms with van der Waals surface area (Å²) < 4.78 is 13.1. The number of nitrogens with zero attached hydrogens (tertiary/aromatic N) is 3. The third-order valence-electron chi connectivity index (χ3n) is 4.91. The molecule has 1 aromatic rings. The second kappa shape index (κ2) is 8.39. The molecule has 3 rings (SSSR count). The second-order valence-electron chi connectivity index (χ2n) is 7.26. The molecule has 2 atom stereocenters. The zero-order chi connectivity index (χ0) is 18.7. The van der Waals surface area contributed by atoms with Crippen LogP contribution < -0.4 is 4.90 Å². The van der Waals surface area contributed by atoms with Crippen molar-refractivity contribution >= 4 is 29.3 Å². The molecule has 2 saturated heterocycles. The fourth-order valence-electron chi connectivity index (χ4n) is 3.67. The number of thioether (sulfide) groups is 1. The van der Waals surface area contributed by atoms with Crippen molar-refractivity contribution in [1.29, 1.82) is 0 Å². The van der Waals surface area contributed by atoms with Crippen molar-refractivity contribution < 1.29 is 14.0 Å². The standard InChI is InChI=1S/C19H26FN3O2S/c1-21(2)12-17-13-26-9-3-8-22(17)19(25)14-10-18(24)23(11-14)16-6-4-15(20)5-7-16/h4-7,14,17H,3,8-13H2,1-2H3. The van der Waals surface area contributed by atoms with Gasteiger partial charge in [0.2, 0.25) is 11.8 Å². The molecule has 0 radical (unpaired) electrons. The van der Waals surface area contributed by atoms with Crippen molar-refractivity contribution in [2.75, 3.05) is 50.1 Å². The second-order valence-corrected chi connectivity index (χ2v) is 8.41. The van der Waals surface area contributed by atoms with Gasteiger partial charge in [0.1, 0.15) is 5.82 Å². The first-order valence-corrected chi connectivity index (χ1v) is 10.2. The number of benzene rings is 1. The highest BCUT2D eigenvalue weighted by Crippen LogP contribution is 2.28. The van der Waals surface area contributed by atoms with Gasteiger partial charge in [0.25, 0.3) is 0 Å². The van der Waals surface area contributed by atoms with Crippen LogP contribution in [0.2, 0.25) is 0 Å². The molecule has 2 heterocycles. The molecule has 5 nitrogen and oxygen atoms in total. The summed E-state index contributed by atoms with van der Waals surface area (Å²) in [5.74, 6) is 1.37. The molecule has 0 aliphatic carbocycles. The Morgan fingerprint density at radius 3 is 2.73 bits per heavy atom. The van der Waals surface area contributed by atoms with E-state index < -0.39 is 0 Å². The number of hydrogen-bond acceptors (Lipinski definition) is 4. The quantitative estimate of drug-likeness (QED) is 0.803. The number of anilines is 1. The van der Waals surface area contributed by atoms with E-state index in [9.17, 15) is 14.0 Å². The first-order valence-electron chi connectivity index (χ1n) is 9.04. The molecule has 0 saturated carbocycles. The number of hydrogen-bond donors (Lipinski definition) is 0. The van der Waals surface area contributed by atoms with Crippen LogP contribution in [0.4, 0.5) is 10.1 Å². The summed E-state index contributed by atoms with van der Waals surface area (Å²) in [6.45, 7) is 1.97. The maximum atomic E-state index is 13.2. The molecule has 2 unspecified atom stereocenters. The number of likely N-dealkylation sites (N-methyl/N-ethyl adjacent to an activating group) is 1. The molecule has 142 valence electrons. The molecule has 2 aliphatic rings. The van der Waals surface area contributed by atoms with Crippen LogP contribution in [0.25, 0.3) is 0 Å². The van der Waals surface area contributed by atoms with Crippen molar-refractivity contribution in [2.24, 2.45) is 5.92 Å². The van der Waals surface area contributed by atoms with Crippen LogP contribution in [-0.2, 0) is 9.59 Å². The lowest BCUT2D eigenvalue weighted by Gasteiger charge is -2.33. The largest absolute Gasteiger partial charge is 0.337 e. The third kappa shape index (κ3) is 4.38. The summed E-state index contributed by atoms with van der Waals surface area (Å²) >= 11 is 1.90. The highest BCUT2D eigenvalue weighted by Gasteiger charge is 2.39. The van der Waals surface area contributed by atoms with E-state index in [-0.39, 0.29) is 36.0 Å². The molecule has 26 heavy (non-hydrogen) atoms. The summed E-state index contributed by atoms with van der Waals surface area (Å²) in [5.41, 5.74) is 0.656. The van der Waals surface area contributed by atoms with Gasteiger partial charge in [-0.1, -0.05) is 0 Å². The maximum absolute atomic E-state index is 13.2. The van der Waals surface area contributed by atoms with Gasteiger partial charge in [-0.05, 0) is 50.5 Å². The minimum atomic E-state index is -0.332. The zero-order valence-corrected chi connectivity index (χ0v) is 16.2. The van der Waals surface area contributed by atoms with Gasteiger partial charge in [0.15, 0.2) is 0 Å². The molecule has 2 aliphatic heterocycles. The Bertz CT molecular complexity index is 653. The number of halogens is 1. The monoisotopic (exact) mass is 379 g/mol. The molecule has 0 bridgehead atoms. The summed E-state index contributed by atoms with van der Waals surface area (Å²) in [5, 5.41) is 0. The van der Waals surface area contributed by atoms with Crippen LogP contribution in [0, 0.1) is 11.7 Å². The molecule has 7 heteroatoms. The van der Waals surface area contributed by atoms with Gasteiger partial charge in [-0.3, -0.25) is 9.59 Å². The molecule has 2 fully saturated rings. The van der Waals surface area contributed by atoms with Gasteiger partial charge >= 0.3 is 0 Å². The van der Waals surface area contributed by atoms with Crippen molar-refractivity contribution in [3.63, 3.8) is 0 Å². The highest BCUT2D eigenvalue weighted by atomic mass is 32.2. The van der Waals surface area contributed by atoms with Gasteiger partial charge in [-0.15, -0.1) is 0 Å². The van der Waals surface area contributed by atoms with Gasteiger partial charge in [0.05, 0.1) is 12.0 Å². The van der Waals surface area contributed by atoms with E-state index in [1.54, 1.807) is 17.0 Å². The molecule has 2 amide bonds. The van der Waals surface area contributed by atoms with E-state index in [1.807, 2.05) is 30.8 Å². The highest BCUT2D eigenvalue weighted by molar-refractivity contribution is 7.99. The fraction of sp³-hybridized carbons (Fsp3) is 0.579. The first kappa shape index (κ1) is 19.2. The van der Waals surface area contributed by atoms with E-state index in [0.29, 0.717) is 12.2 Å². The number of carbonyl (C=O) groups excluding carboxylic acids is 2. The fourth-order valence-corrected chi connectivity index (χ4v) is 4.73. The third-order valence-corrected chi connectivity index (χ3v) is 6.11. The Morgan fingerprint density at radius 2 is 2.04 bits per heavy atom. The number of amides is 2. The van der Waals surface area contributed by atoms with Crippen molar-refractivity contribution in [3.8, 4) is 0 Å². The predicted molar refractivity (Wildman–Crippen MR) is 103 cm³/mol. The van der Waals surface area contributed by atoms with Gasteiger partial charge in [0, 0.05) is 37.5 Å². The van der Waals surface area contributed by atoms with Gasteiger partial charge < -0.3 is 14.7 Å². The predicted octanol–water partition coefficient (Wildman–Crippen LogP) is 2.07. The number of rotatable bonds is 4. The molecule has 0 aromatic heterocycles. The Hall–Kier alpha value is -1.60. The maximum Gasteiger partial charge on any atom is 0.228 e. The average Bonchev–Trinajstić information content (AvgIpc) is 2.84. The minimum absolute atomic E-state index is 0.0664. The van der Waals surface area contributed by atoms with Crippen LogP contribution in [0.15, 0.2) is 24.3 Å². The average molecular weight is 380 g/mol. The van der Waals surface area contributed by atoms with Crippen LogP contribution in [0.1, 0.15) is 12.8 Å². The van der Waals surface area contributed by atoms with Gasteiger partial charge in [-0.25, -0.2) is 4.39 Å². The SMILES string of the molecule is CN(C)CC1CSCCCN1C(=O)C1CC(=O)N(c2ccc(F)cc2)C1. The van der Waals surface area contributed by atoms with Crippen molar-refractivity contribution in [2.45, 2.75) is 18.9 Å². The topological polar surface area (TPSA) is 43.9 Å². The van der Waals surface area contributed by atoms with E-state index in [2.05, 4.69) is 4.90 Å². The lowest BCUT2D eigenvalue weighted by molar-refractivity contribution is -0.137. The molecular formula is C19H26FN3O2S. The zero-order valence-electron chi connectivity index (χ0n) is 15.4. The molecule has 0 spiro atoms. The lowest BCUT2D eigenvalue weighted by Crippen LogP contribution is -2.49. The molecule has 0 N–H and O–H groups in total. The van der Waals surface area contributed by atoms with Gasteiger partial charge in [-0.2, -0.15) is 11.8 Å². The summed E-state index contributed by atoms with van der Waals surface area (Å²) in [6, 6.07) is 6.06. The first-order chi connectivity index (χ1) is 12.5. The summed E-state index contributed by atoms with van der Waals surface area (Å²) in [7, 11) is 4.04. The lowest BCUT2D eigenvalue weighted by atomic mass is 10.1. The Labute approximate surface area is 158 Å². The van der Waals surface area contributed by atoms with E-state index in [1.165, 1.54) is 12.1 Å². The van der Waals surface area contributed by atoms with E-state index in [4.69, 9.17) is 0 Å². The normalized spacial score (nSPS) is 24.2. The summed E-state index contributed by atoms with van der Waals surface area (Å²) in [4.78, 5) is 31.3. The van der Waals surface area contributed by atoms with Crippen LogP contribution in [-0.4, -0.2) is 72.9 Å². The van der Waals surface area contributed by atoms with Crippen LogP contribution in [0.3, 0.4) is 0 Å². The van der Waals surface area contributed by atoms with Crippen molar-refractivity contribution in [1.82, 2.24) is 9.80 Å². The Kier molecular flexibility index (Phi) is 6.19. The smallest absolute Gasteiger partial charge is 0.228 e.